The number of aliphatic hydroxyl groups excluding tert-OH is 1. The molecule has 98 valence electrons. The molecule has 4 unspecified atom stereocenters. The monoisotopic (exact) mass is 242 g/mol. The van der Waals surface area contributed by atoms with E-state index >= 15 is 0 Å². The largest absolute Gasteiger partial charge is 0.393 e. The van der Waals surface area contributed by atoms with Crippen LogP contribution in [-0.4, -0.2) is 41.9 Å². The molecule has 4 N–H and O–H groups in total. The van der Waals surface area contributed by atoms with Crippen molar-refractivity contribution in [2.75, 3.05) is 6.54 Å². The Morgan fingerprint density at radius 2 is 2.18 bits per heavy atom. The molecule has 1 aliphatic carbocycles. The second-order valence-corrected chi connectivity index (χ2v) is 5.09. The average molecular weight is 242 g/mol. The van der Waals surface area contributed by atoms with Gasteiger partial charge in [0.2, 0.25) is 5.91 Å². The Morgan fingerprint density at radius 3 is 2.82 bits per heavy atom. The van der Waals surface area contributed by atoms with Crippen molar-refractivity contribution in [1.82, 2.24) is 5.32 Å². The average Bonchev–Trinajstić information content (AvgIpc) is 2.77. The third-order valence-electron chi connectivity index (χ3n) is 3.66. The Hall–Kier alpha value is -0.650. The third kappa shape index (κ3) is 3.40. The lowest BCUT2D eigenvalue weighted by molar-refractivity contribution is -0.133. The number of carbonyl (C=O) groups is 1. The lowest BCUT2D eigenvalue weighted by Crippen LogP contribution is -2.44. The van der Waals surface area contributed by atoms with Gasteiger partial charge in [-0.3, -0.25) is 4.79 Å². The van der Waals surface area contributed by atoms with E-state index in [0.717, 1.165) is 32.1 Å². The van der Waals surface area contributed by atoms with Crippen LogP contribution in [0.4, 0.5) is 0 Å². The molecule has 4 atom stereocenters. The Morgan fingerprint density at radius 1 is 1.35 bits per heavy atom. The van der Waals surface area contributed by atoms with Crippen LogP contribution in [0.3, 0.4) is 0 Å². The van der Waals surface area contributed by atoms with E-state index in [0.29, 0.717) is 13.0 Å². The summed E-state index contributed by atoms with van der Waals surface area (Å²) in [5.41, 5.74) is 5.51. The molecule has 1 amide bonds. The molecule has 0 radical (unpaired) electrons. The van der Waals surface area contributed by atoms with E-state index in [-0.39, 0.29) is 30.3 Å². The van der Waals surface area contributed by atoms with Crippen LogP contribution in [-0.2, 0) is 9.53 Å². The van der Waals surface area contributed by atoms with Gasteiger partial charge in [0, 0.05) is 12.6 Å². The van der Waals surface area contributed by atoms with E-state index in [9.17, 15) is 9.90 Å². The maximum Gasteiger partial charge on any atom is 0.249 e. The summed E-state index contributed by atoms with van der Waals surface area (Å²) < 4.78 is 5.54. The topological polar surface area (TPSA) is 84.6 Å². The molecule has 5 heteroatoms. The van der Waals surface area contributed by atoms with Crippen molar-refractivity contribution < 1.29 is 14.6 Å². The number of ether oxygens (including phenoxy) is 1. The maximum absolute atomic E-state index is 11.9. The molecule has 2 aliphatic rings. The zero-order chi connectivity index (χ0) is 12.3. The summed E-state index contributed by atoms with van der Waals surface area (Å²) in [5.74, 6) is -0.0416. The molecular weight excluding hydrogens is 220 g/mol. The molecule has 1 aliphatic heterocycles. The van der Waals surface area contributed by atoms with Crippen LogP contribution >= 0.6 is 0 Å². The quantitative estimate of drug-likeness (QED) is 0.646. The molecular formula is C12H22N2O3. The molecule has 1 saturated heterocycles. The molecule has 0 bridgehead atoms. The summed E-state index contributed by atoms with van der Waals surface area (Å²) in [7, 11) is 0. The summed E-state index contributed by atoms with van der Waals surface area (Å²) in [6, 6.07) is 0.103. The van der Waals surface area contributed by atoms with E-state index in [1.54, 1.807) is 0 Å². The first-order valence-electron chi connectivity index (χ1n) is 6.53. The summed E-state index contributed by atoms with van der Waals surface area (Å²) in [6.45, 7) is 0.478. The highest BCUT2D eigenvalue weighted by atomic mass is 16.5. The Balaban J connectivity index is 1.77. The number of nitrogens with two attached hydrogens (primary N) is 1. The summed E-state index contributed by atoms with van der Waals surface area (Å²) >= 11 is 0. The fourth-order valence-corrected chi connectivity index (χ4v) is 2.66. The second-order valence-electron chi connectivity index (χ2n) is 5.09. The molecule has 2 rings (SSSR count). The summed E-state index contributed by atoms with van der Waals surface area (Å²) in [5, 5.41) is 12.5. The standard InChI is InChI=1S/C12H22N2O3/c13-7-10-4-5-11(17-10)12(16)14-8-2-1-3-9(15)6-8/h8-11,15H,1-7,13H2,(H,14,16). The van der Waals surface area contributed by atoms with E-state index in [2.05, 4.69) is 5.32 Å². The lowest BCUT2D eigenvalue weighted by atomic mass is 9.93. The predicted molar refractivity (Wildman–Crippen MR) is 63.4 cm³/mol. The SMILES string of the molecule is NCC1CCC(C(=O)NC2CCCC(O)C2)O1. The molecule has 2 fully saturated rings. The third-order valence-corrected chi connectivity index (χ3v) is 3.66. The highest BCUT2D eigenvalue weighted by Crippen LogP contribution is 2.21. The summed E-state index contributed by atoms with van der Waals surface area (Å²) in [4.78, 5) is 11.9. The number of amides is 1. The summed E-state index contributed by atoms with van der Waals surface area (Å²) in [6.07, 6.45) is 4.48. The van der Waals surface area contributed by atoms with E-state index < -0.39 is 0 Å². The van der Waals surface area contributed by atoms with Gasteiger partial charge in [0.25, 0.3) is 0 Å². The van der Waals surface area contributed by atoms with Crippen molar-refractivity contribution in [3.8, 4) is 0 Å². The predicted octanol–water partition coefficient (Wildman–Crippen LogP) is -0.0876. The van der Waals surface area contributed by atoms with Gasteiger partial charge < -0.3 is 20.9 Å². The zero-order valence-electron chi connectivity index (χ0n) is 10.1. The van der Waals surface area contributed by atoms with Gasteiger partial charge in [-0.25, -0.2) is 0 Å². The van der Waals surface area contributed by atoms with Crippen molar-refractivity contribution in [3.05, 3.63) is 0 Å². The van der Waals surface area contributed by atoms with Crippen LogP contribution in [0.2, 0.25) is 0 Å². The Bertz CT molecular complexity index is 272. The Kier molecular flexibility index (Phi) is 4.36. The van der Waals surface area contributed by atoms with Gasteiger partial charge in [0.15, 0.2) is 0 Å². The molecule has 1 saturated carbocycles. The van der Waals surface area contributed by atoms with Crippen molar-refractivity contribution >= 4 is 5.91 Å². The van der Waals surface area contributed by atoms with Gasteiger partial charge in [-0.2, -0.15) is 0 Å². The van der Waals surface area contributed by atoms with Gasteiger partial charge in [-0.05, 0) is 38.5 Å². The normalized spacial score (nSPS) is 38.0. The van der Waals surface area contributed by atoms with Crippen LogP contribution in [0, 0.1) is 0 Å². The first-order chi connectivity index (χ1) is 8.19. The molecule has 0 aromatic heterocycles. The fraction of sp³-hybridized carbons (Fsp3) is 0.917. The second kappa shape index (κ2) is 5.80. The fourth-order valence-electron chi connectivity index (χ4n) is 2.66. The van der Waals surface area contributed by atoms with E-state index in [4.69, 9.17) is 10.5 Å². The van der Waals surface area contributed by atoms with Crippen LogP contribution < -0.4 is 11.1 Å². The van der Waals surface area contributed by atoms with Gasteiger partial charge in [0.1, 0.15) is 6.10 Å². The van der Waals surface area contributed by atoms with Crippen LogP contribution in [0.1, 0.15) is 38.5 Å². The maximum atomic E-state index is 11.9. The van der Waals surface area contributed by atoms with Gasteiger partial charge in [-0.1, -0.05) is 0 Å². The van der Waals surface area contributed by atoms with Crippen LogP contribution in [0.25, 0.3) is 0 Å². The van der Waals surface area contributed by atoms with Crippen molar-refractivity contribution in [2.45, 2.75) is 62.9 Å². The van der Waals surface area contributed by atoms with E-state index in [1.165, 1.54) is 0 Å². The molecule has 1 heterocycles. The number of hydrogen-bond donors (Lipinski definition) is 3. The number of rotatable bonds is 3. The first kappa shape index (κ1) is 12.8. The lowest BCUT2D eigenvalue weighted by Gasteiger charge is -2.27. The minimum Gasteiger partial charge on any atom is -0.393 e. The minimum atomic E-state index is -0.345. The van der Waals surface area contributed by atoms with Gasteiger partial charge in [-0.15, -0.1) is 0 Å². The molecule has 0 spiro atoms. The molecule has 0 aromatic rings. The number of carbonyl (C=O) groups excluding carboxylic acids is 1. The first-order valence-corrected chi connectivity index (χ1v) is 6.53. The number of aliphatic hydroxyl groups is 1. The van der Waals surface area contributed by atoms with Crippen LogP contribution in [0.15, 0.2) is 0 Å². The van der Waals surface area contributed by atoms with Gasteiger partial charge >= 0.3 is 0 Å². The highest BCUT2D eigenvalue weighted by Gasteiger charge is 2.31. The smallest absolute Gasteiger partial charge is 0.249 e. The molecule has 5 nitrogen and oxygen atoms in total. The molecule has 0 aromatic carbocycles. The highest BCUT2D eigenvalue weighted by molar-refractivity contribution is 5.81. The van der Waals surface area contributed by atoms with E-state index in [1.807, 2.05) is 0 Å². The number of hydrogen-bond acceptors (Lipinski definition) is 4. The van der Waals surface area contributed by atoms with Crippen molar-refractivity contribution in [1.29, 1.82) is 0 Å². The Labute approximate surface area is 102 Å². The van der Waals surface area contributed by atoms with Crippen LogP contribution in [0.5, 0.6) is 0 Å². The zero-order valence-corrected chi connectivity index (χ0v) is 10.1. The van der Waals surface area contributed by atoms with Gasteiger partial charge in [0.05, 0.1) is 12.2 Å². The molecule has 17 heavy (non-hydrogen) atoms. The number of nitrogens with one attached hydrogen (secondary N) is 1. The minimum absolute atomic E-state index is 0.0303. The van der Waals surface area contributed by atoms with Crippen molar-refractivity contribution in [3.63, 3.8) is 0 Å². The van der Waals surface area contributed by atoms with Crippen molar-refractivity contribution in [2.24, 2.45) is 5.73 Å².